The first-order valence-corrected chi connectivity index (χ1v) is 5.46. The number of nitro groups is 1. The first-order valence-electron chi connectivity index (χ1n) is 4.47. The van der Waals surface area contributed by atoms with Crippen molar-refractivity contribution in [3.8, 4) is 5.88 Å². The van der Waals surface area contributed by atoms with Crippen LogP contribution in [0.2, 0.25) is 0 Å². The molecule has 0 aromatic carbocycles. The van der Waals surface area contributed by atoms with E-state index < -0.39 is 4.92 Å². The summed E-state index contributed by atoms with van der Waals surface area (Å²) in [6.07, 6.45) is 1.77. The summed E-state index contributed by atoms with van der Waals surface area (Å²) in [6, 6.07) is 0. The van der Waals surface area contributed by atoms with Gasteiger partial charge in [0.15, 0.2) is 5.03 Å². The Labute approximate surface area is 96.0 Å². The minimum Gasteiger partial charge on any atom is -0.476 e. The van der Waals surface area contributed by atoms with E-state index in [0.717, 1.165) is 0 Å². The summed E-state index contributed by atoms with van der Waals surface area (Å²) in [5.74, 6) is 0.504. The van der Waals surface area contributed by atoms with Gasteiger partial charge in [-0.25, -0.2) is 4.98 Å². The monoisotopic (exact) mass is 245 g/mol. The molecule has 1 aromatic heterocycles. The van der Waals surface area contributed by atoms with Crippen molar-refractivity contribution in [1.29, 1.82) is 0 Å². The summed E-state index contributed by atoms with van der Waals surface area (Å²) in [5, 5.41) is 19.7. The van der Waals surface area contributed by atoms with E-state index in [-0.39, 0.29) is 23.2 Å². The molecule has 0 unspecified atom stereocenters. The molecule has 1 N–H and O–H groups in total. The lowest BCUT2D eigenvalue weighted by molar-refractivity contribution is -0.389. The number of thioether (sulfide) groups is 1. The van der Waals surface area contributed by atoms with Gasteiger partial charge in [0.1, 0.15) is 6.33 Å². The normalized spacial score (nSPS) is 10.1. The number of hydrogen-bond acceptors (Lipinski definition) is 7. The molecule has 7 nitrogen and oxygen atoms in total. The zero-order valence-electron chi connectivity index (χ0n) is 8.62. The number of hydrogen-bond donors (Lipinski definition) is 1. The van der Waals surface area contributed by atoms with E-state index in [2.05, 4.69) is 9.97 Å². The number of aliphatic hydroxyl groups is 1. The van der Waals surface area contributed by atoms with Crippen molar-refractivity contribution in [2.75, 3.05) is 19.5 Å². The lowest BCUT2D eigenvalue weighted by Gasteiger charge is -2.03. The van der Waals surface area contributed by atoms with Crippen LogP contribution in [0.5, 0.6) is 5.88 Å². The number of aromatic nitrogens is 2. The van der Waals surface area contributed by atoms with Crippen molar-refractivity contribution in [1.82, 2.24) is 9.97 Å². The Bertz CT molecular complexity index is 374. The van der Waals surface area contributed by atoms with Crippen molar-refractivity contribution in [2.45, 2.75) is 11.4 Å². The molecule has 88 valence electrons. The highest BCUT2D eigenvalue weighted by Gasteiger charge is 2.23. The fourth-order valence-corrected chi connectivity index (χ4v) is 1.88. The molecular weight excluding hydrogens is 234 g/mol. The molecule has 0 spiro atoms. The predicted molar refractivity (Wildman–Crippen MR) is 57.7 cm³/mol. The molecule has 0 aliphatic rings. The van der Waals surface area contributed by atoms with Crippen molar-refractivity contribution in [3.63, 3.8) is 0 Å². The Balaban J connectivity index is 2.93. The van der Waals surface area contributed by atoms with E-state index in [4.69, 9.17) is 9.84 Å². The van der Waals surface area contributed by atoms with Crippen LogP contribution >= 0.6 is 11.8 Å². The Kier molecular flexibility index (Phi) is 4.93. The van der Waals surface area contributed by atoms with Crippen LogP contribution in [-0.2, 0) is 0 Å². The molecule has 16 heavy (non-hydrogen) atoms. The topological polar surface area (TPSA) is 98.4 Å². The fourth-order valence-electron chi connectivity index (χ4n) is 0.992. The molecule has 0 fully saturated rings. The SMILES string of the molecule is COc1ncnc(SCCCO)c1[N+](=O)[O-]. The summed E-state index contributed by atoms with van der Waals surface area (Å²) in [6.45, 7) is 0.0447. The van der Waals surface area contributed by atoms with Gasteiger partial charge in [0, 0.05) is 12.4 Å². The molecular formula is C8H11N3O4S. The summed E-state index contributed by atoms with van der Waals surface area (Å²) >= 11 is 1.20. The number of aliphatic hydroxyl groups excluding tert-OH is 1. The van der Waals surface area contributed by atoms with Gasteiger partial charge in [0.05, 0.1) is 12.0 Å². The van der Waals surface area contributed by atoms with Crippen LogP contribution < -0.4 is 4.74 Å². The first kappa shape index (κ1) is 12.7. The van der Waals surface area contributed by atoms with Gasteiger partial charge in [-0.05, 0) is 6.42 Å². The van der Waals surface area contributed by atoms with Crippen LogP contribution in [0.25, 0.3) is 0 Å². The van der Waals surface area contributed by atoms with Crippen molar-refractivity contribution >= 4 is 17.4 Å². The third-order valence-corrected chi connectivity index (χ3v) is 2.74. The minimum atomic E-state index is -0.569. The smallest absolute Gasteiger partial charge is 0.362 e. The zero-order valence-corrected chi connectivity index (χ0v) is 9.44. The van der Waals surface area contributed by atoms with E-state index in [0.29, 0.717) is 12.2 Å². The molecule has 0 saturated carbocycles. The maximum Gasteiger partial charge on any atom is 0.362 e. The average molecular weight is 245 g/mol. The van der Waals surface area contributed by atoms with Gasteiger partial charge < -0.3 is 9.84 Å². The van der Waals surface area contributed by atoms with Gasteiger partial charge in [0.25, 0.3) is 5.88 Å². The lowest BCUT2D eigenvalue weighted by Crippen LogP contribution is -2.00. The Morgan fingerprint density at radius 2 is 2.38 bits per heavy atom. The molecule has 0 radical (unpaired) electrons. The second-order valence-corrected chi connectivity index (χ2v) is 3.80. The molecule has 1 heterocycles. The van der Waals surface area contributed by atoms with Crippen molar-refractivity contribution < 1.29 is 14.8 Å². The molecule has 0 bridgehead atoms. The van der Waals surface area contributed by atoms with E-state index in [1.54, 1.807) is 0 Å². The Morgan fingerprint density at radius 3 is 2.94 bits per heavy atom. The maximum absolute atomic E-state index is 10.8. The van der Waals surface area contributed by atoms with Crippen LogP contribution in [0.3, 0.4) is 0 Å². The summed E-state index contributed by atoms with van der Waals surface area (Å²) in [7, 11) is 1.32. The molecule has 1 aromatic rings. The van der Waals surface area contributed by atoms with Crippen molar-refractivity contribution in [2.24, 2.45) is 0 Å². The van der Waals surface area contributed by atoms with E-state index in [1.807, 2.05) is 0 Å². The minimum absolute atomic E-state index is 0.0447. The van der Waals surface area contributed by atoms with E-state index in [9.17, 15) is 10.1 Å². The predicted octanol–water partition coefficient (Wildman–Crippen LogP) is 0.868. The maximum atomic E-state index is 10.8. The third kappa shape index (κ3) is 3.04. The molecule has 0 saturated heterocycles. The molecule has 1 rings (SSSR count). The lowest BCUT2D eigenvalue weighted by atomic mass is 10.5. The molecule has 0 aliphatic carbocycles. The quantitative estimate of drug-likeness (QED) is 0.261. The third-order valence-electron chi connectivity index (χ3n) is 1.67. The summed E-state index contributed by atoms with van der Waals surface area (Å²) in [5.41, 5.74) is -0.229. The highest BCUT2D eigenvalue weighted by molar-refractivity contribution is 7.99. The molecule has 8 heteroatoms. The molecule has 0 atom stereocenters. The van der Waals surface area contributed by atoms with Crippen LogP contribution in [0.1, 0.15) is 6.42 Å². The van der Waals surface area contributed by atoms with Crippen LogP contribution in [0, 0.1) is 10.1 Å². The van der Waals surface area contributed by atoms with Gasteiger partial charge in [-0.3, -0.25) is 10.1 Å². The molecule has 0 amide bonds. The Hall–Kier alpha value is -1.41. The summed E-state index contributed by atoms with van der Waals surface area (Å²) < 4.78 is 4.80. The number of methoxy groups -OCH3 is 1. The van der Waals surface area contributed by atoms with Crippen LogP contribution in [0.15, 0.2) is 11.4 Å². The highest BCUT2D eigenvalue weighted by atomic mass is 32.2. The summed E-state index contributed by atoms with van der Waals surface area (Å²) in [4.78, 5) is 17.7. The first-order chi connectivity index (χ1) is 7.70. The van der Waals surface area contributed by atoms with Crippen LogP contribution in [0.4, 0.5) is 5.69 Å². The average Bonchev–Trinajstić information content (AvgIpc) is 2.28. The van der Waals surface area contributed by atoms with Crippen LogP contribution in [-0.4, -0.2) is 39.5 Å². The van der Waals surface area contributed by atoms with Gasteiger partial charge in [-0.15, -0.1) is 0 Å². The van der Waals surface area contributed by atoms with Crippen molar-refractivity contribution in [3.05, 3.63) is 16.4 Å². The highest BCUT2D eigenvalue weighted by Crippen LogP contribution is 2.33. The van der Waals surface area contributed by atoms with Gasteiger partial charge >= 0.3 is 5.69 Å². The Morgan fingerprint density at radius 1 is 1.62 bits per heavy atom. The fraction of sp³-hybridized carbons (Fsp3) is 0.500. The zero-order chi connectivity index (χ0) is 12.0. The number of ether oxygens (including phenoxy) is 1. The van der Waals surface area contributed by atoms with E-state index in [1.165, 1.54) is 25.2 Å². The number of nitrogens with zero attached hydrogens (tertiary/aromatic N) is 3. The van der Waals surface area contributed by atoms with Gasteiger partial charge in [0.2, 0.25) is 0 Å². The second kappa shape index (κ2) is 6.23. The van der Waals surface area contributed by atoms with Gasteiger partial charge in [-0.1, -0.05) is 11.8 Å². The number of rotatable bonds is 6. The van der Waals surface area contributed by atoms with E-state index >= 15 is 0 Å². The standard InChI is InChI=1S/C8H11N3O4S/c1-15-7-6(11(13)14)8(10-5-9-7)16-4-2-3-12/h5,12H,2-4H2,1H3. The largest absolute Gasteiger partial charge is 0.476 e. The molecule has 0 aliphatic heterocycles. The second-order valence-electron chi connectivity index (χ2n) is 2.72. The van der Waals surface area contributed by atoms with Gasteiger partial charge in [-0.2, -0.15) is 4.98 Å².